The molecule has 0 aliphatic heterocycles. The van der Waals surface area contributed by atoms with E-state index in [9.17, 15) is 5.11 Å². The van der Waals surface area contributed by atoms with Gasteiger partial charge in [0.2, 0.25) is 0 Å². The van der Waals surface area contributed by atoms with Crippen LogP contribution in [0, 0.1) is 11.8 Å². The monoisotopic (exact) mass is 217 g/mol. The lowest BCUT2D eigenvalue weighted by molar-refractivity contribution is 0.415. The summed E-state index contributed by atoms with van der Waals surface area (Å²) in [5.74, 6) is 2.24. The summed E-state index contributed by atoms with van der Waals surface area (Å²) in [6.45, 7) is 0.895. The number of rotatable bonds is 5. The molecule has 0 heterocycles. The maximum absolute atomic E-state index is 9.39. The Morgan fingerprint density at radius 2 is 1.88 bits per heavy atom. The first-order valence-corrected chi connectivity index (χ1v) is 6.34. The molecule has 3 rings (SSSR count). The van der Waals surface area contributed by atoms with Gasteiger partial charge in [-0.3, -0.25) is 0 Å². The van der Waals surface area contributed by atoms with Gasteiger partial charge in [0.15, 0.2) is 0 Å². The van der Waals surface area contributed by atoms with Gasteiger partial charge in [-0.05, 0) is 55.2 Å². The molecule has 86 valence electrons. The largest absolute Gasteiger partial charge is 0.508 e. The van der Waals surface area contributed by atoms with Crippen LogP contribution in [0.5, 0.6) is 5.75 Å². The lowest BCUT2D eigenvalue weighted by atomic mass is 10.1. The summed E-state index contributed by atoms with van der Waals surface area (Å²) in [6.07, 6.45) is 5.64. The molecular weight excluding hydrogens is 198 g/mol. The topological polar surface area (TPSA) is 32.3 Å². The summed E-state index contributed by atoms with van der Waals surface area (Å²) in [6, 6.07) is 8.30. The van der Waals surface area contributed by atoms with Crippen molar-refractivity contribution in [2.45, 2.75) is 38.3 Å². The molecule has 0 radical (unpaired) electrons. The molecule has 0 spiro atoms. The summed E-state index contributed by atoms with van der Waals surface area (Å²) < 4.78 is 0. The van der Waals surface area contributed by atoms with Gasteiger partial charge >= 0.3 is 0 Å². The van der Waals surface area contributed by atoms with E-state index in [1.807, 2.05) is 12.1 Å². The number of aromatic hydroxyl groups is 1. The fourth-order valence-corrected chi connectivity index (χ4v) is 2.53. The van der Waals surface area contributed by atoms with Crippen molar-refractivity contribution in [1.29, 1.82) is 0 Å². The predicted molar refractivity (Wildman–Crippen MR) is 64.2 cm³/mol. The summed E-state index contributed by atoms with van der Waals surface area (Å²) >= 11 is 0. The van der Waals surface area contributed by atoms with Gasteiger partial charge in [0.05, 0.1) is 0 Å². The quantitative estimate of drug-likeness (QED) is 0.794. The fraction of sp³-hybridized carbons (Fsp3) is 0.571. The summed E-state index contributed by atoms with van der Waals surface area (Å²) in [4.78, 5) is 0. The van der Waals surface area contributed by atoms with Crippen LogP contribution in [-0.4, -0.2) is 11.1 Å². The van der Waals surface area contributed by atoms with Gasteiger partial charge in [0.25, 0.3) is 0 Å². The SMILES string of the molecule is Oc1cccc(CNC(C2CC2)C2CC2)c1. The average Bonchev–Trinajstić information content (AvgIpc) is 3.13. The van der Waals surface area contributed by atoms with Gasteiger partial charge in [-0.25, -0.2) is 0 Å². The molecule has 2 aliphatic rings. The highest BCUT2D eigenvalue weighted by atomic mass is 16.3. The number of phenols is 1. The predicted octanol–water partition coefficient (Wildman–Crippen LogP) is 2.67. The van der Waals surface area contributed by atoms with E-state index in [2.05, 4.69) is 11.4 Å². The van der Waals surface area contributed by atoms with E-state index in [4.69, 9.17) is 0 Å². The first-order valence-electron chi connectivity index (χ1n) is 6.34. The molecule has 2 nitrogen and oxygen atoms in total. The van der Waals surface area contributed by atoms with E-state index in [1.165, 1.54) is 31.2 Å². The van der Waals surface area contributed by atoms with Gasteiger partial charge in [0.1, 0.15) is 5.75 Å². The molecule has 1 aromatic carbocycles. The Morgan fingerprint density at radius 3 is 2.44 bits per heavy atom. The van der Waals surface area contributed by atoms with E-state index in [1.54, 1.807) is 6.07 Å². The molecule has 0 saturated heterocycles. The fourth-order valence-electron chi connectivity index (χ4n) is 2.53. The van der Waals surface area contributed by atoms with Crippen LogP contribution in [0.25, 0.3) is 0 Å². The minimum Gasteiger partial charge on any atom is -0.508 e. The smallest absolute Gasteiger partial charge is 0.115 e. The van der Waals surface area contributed by atoms with Crippen molar-refractivity contribution in [2.75, 3.05) is 0 Å². The van der Waals surface area contributed by atoms with Crippen LogP contribution >= 0.6 is 0 Å². The van der Waals surface area contributed by atoms with Crippen molar-refractivity contribution in [3.05, 3.63) is 29.8 Å². The highest BCUT2D eigenvalue weighted by Gasteiger charge is 2.40. The highest BCUT2D eigenvalue weighted by Crippen LogP contribution is 2.44. The summed E-state index contributed by atoms with van der Waals surface area (Å²) in [5, 5.41) is 13.1. The Hall–Kier alpha value is -1.02. The molecule has 0 bridgehead atoms. The van der Waals surface area contributed by atoms with Crippen LogP contribution in [0.15, 0.2) is 24.3 Å². The third kappa shape index (κ3) is 2.38. The molecule has 2 heteroatoms. The Balaban J connectivity index is 1.58. The van der Waals surface area contributed by atoms with Gasteiger partial charge in [0, 0.05) is 12.6 Å². The van der Waals surface area contributed by atoms with Gasteiger partial charge in [-0.15, -0.1) is 0 Å². The van der Waals surface area contributed by atoms with Gasteiger partial charge < -0.3 is 10.4 Å². The van der Waals surface area contributed by atoms with Crippen molar-refractivity contribution in [3.63, 3.8) is 0 Å². The number of nitrogens with one attached hydrogen (secondary N) is 1. The number of phenolic OH excluding ortho intramolecular Hbond substituents is 1. The van der Waals surface area contributed by atoms with Crippen LogP contribution in [0.2, 0.25) is 0 Å². The second kappa shape index (κ2) is 4.10. The van der Waals surface area contributed by atoms with Crippen LogP contribution in [0.4, 0.5) is 0 Å². The van der Waals surface area contributed by atoms with E-state index < -0.39 is 0 Å². The van der Waals surface area contributed by atoms with E-state index >= 15 is 0 Å². The van der Waals surface area contributed by atoms with Crippen LogP contribution in [0.3, 0.4) is 0 Å². The summed E-state index contributed by atoms with van der Waals surface area (Å²) in [7, 11) is 0. The number of hydrogen-bond acceptors (Lipinski definition) is 2. The average molecular weight is 217 g/mol. The molecule has 2 N–H and O–H groups in total. The summed E-state index contributed by atoms with van der Waals surface area (Å²) in [5.41, 5.74) is 1.19. The molecular formula is C14H19NO. The van der Waals surface area contributed by atoms with Crippen molar-refractivity contribution in [3.8, 4) is 5.75 Å². The normalized spacial score (nSPS) is 20.3. The molecule has 1 aromatic rings. The van der Waals surface area contributed by atoms with Crippen molar-refractivity contribution in [2.24, 2.45) is 11.8 Å². The second-order valence-corrected chi connectivity index (χ2v) is 5.25. The first-order chi connectivity index (χ1) is 7.83. The standard InChI is InChI=1S/C14H19NO/c16-13-3-1-2-10(8-13)9-15-14(11-4-5-11)12-6-7-12/h1-3,8,11-12,14-16H,4-7,9H2. The molecule has 2 aliphatic carbocycles. The second-order valence-electron chi connectivity index (χ2n) is 5.25. The van der Waals surface area contributed by atoms with Crippen LogP contribution < -0.4 is 5.32 Å². The maximum atomic E-state index is 9.39. The zero-order valence-electron chi connectivity index (χ0n) is 9.52. The molecule has 0 aromatic heterocycles. The molecule has 2 saturated carbocycles. The molecule has 16 heavy (non-hydrogen) atoms. The zero-order chi connectivity index (χ0) is 11.0. The van der Waals surface area contributed by atoms with Crippen molar-refractivity contribution >= 4 is 0 Å². The van der Waals surface area contributed by atoms with Crippen LogP contribution in [-0.2, 0) is 6.54 Å². The Morgan fingerprint density at radius 1 is 1.19 bits per heavy atom. The number of benzene rings is 1. The van der Waals surface area contributed by atoms with E-state index in [0.29, 0.717) is 5.75 Å². The first kappa shape index (κ1) is 10.2. The minimum absolute atomic E-state index is 0.369. The Bertz CT molecular complexity index is 357. The Kier molecular flexibility index (Phi) is 2.60. The zero-order valence-corrected chi connectivity index (χ0v) is 9.52. The van der Waals surface area contributed by atoms with Crippen molar-refractivity contribution < 1.29 is 5.11 Å². The molecule has 0 unspecified atom stereocenters. The Labute approximate surface area is 96.7 Å². The lowest BCUT2D eigenvalue weighted by Crippen LogP contribution is -2.32. The van der Waals surface area contributed by atoms with Gasteiger partial charge in [-0.2, -0.15) is 0 Å². The lowest BCUT2D eigenvalue weighted by Gasteiger charge is -2.17. The van der Waals surface area contributed by atoms with Crippen molar-refractivity contribution in [1.82, 2.24) is 5.32 Å². The number of hydrogen-bond donors (Lipinski definition) is 2. The molecule has 0 amide bonds. The van der Waals surface area contributed by atoms with E-state index in [-0.39, 0.29) is 0 Å². The third-order valence-corrected chi connectivity index (χ3v) is 3.71. The minimum atomic E-state index is 0.369. The third-order valence-electron chi connectivity index (χ3n) is 3.71. The van der Waals surface area contributed by atoms with E-state index in [0.717, 1.165) is 24.4 Å². The van der Waals surface area contributed by atoms with Gasteiger partial charge in [-0.1, -0.05) is 12.1 Å². The highest BCUT2D eigenvalue weighted by molar-refractivity contribution is 5.27. The maximum Gasteiger partial charge on any atom is 0.115 e. The molecule has 0 atom stereocenters. The van der Waals surface area contributed by atoms with Crippen LogP contribution in [0.1, 0.15) is 31.2 Å². The molecule has 2 fully saturated rings.